The number of hydrogen-bond acceptors (Lipinski definition) is 5. The molecule has 0 aromatic heterocycles. The zero-order valence-electron chi connectivity index (χ0n) is 16.9. The van der Waals surface area contributed by atoms with Crippen molar-refractivity contribution in [2.75, 3.05) is 20.0 Å². The van der Waals surface area contributed by atoms with Crippen molar-refractivity contribution in [1.29, 1.82) is 0 Å². The third-order valence-electron chi connectivity index (χ3n) is 4.15. The monoisotopic (exact) mass is 405 g/mol. The lowest BCUT2D eigenvalue weighted by molar-refractivity contribution is 0.0939. The minimum atomic E-state index is -3.29. The molecule has 0 aliphatic carbocycles. The number of nitrogens with one attached hydrogen (secondary N) is 1. The number of hydrogen-bond donors (Lipinski definition) is 1. The summed E-state index contributed by atoms with van der Waals surface area (Å²) in [6.45, 7) is 6.60. The molecule has 0 bridgehead atoms. The number of rotatable bonds is 8. The third-order valence-corrected chi connectivity index (χ3v) is 5.28. The molecule has 152 valence electrons. The fourth-order valence-corrected chi connectivity index (χ4v) is 3.18. The number of carbonyl (C=O) groups excluding carboxylic acids is 1. The quantitative estimate of drug-likeness (QED) is 0.725. The summed E-state index contributed by atoms with van der Waals surface area (Å²) >= 11 is 0. The van der Waals surface area contributed by atoms with Gasteiger partial charge in [0, 0.05) is 11.8 Å². The maximum atomic E-state index is 12.5. The molecule has 2 aromatic carbocycles. The van der Waals surface area contributed by atoms with E-state index in [1.807, 2.05) is 25.1 Å². The molecule has 7 heteroatoms. The molecule has 1 unspecified atom stereocenters. The number of benzene rings is 2. The third kappa shape index (κ3) is 5.73. The Hall–Kier alpha value is -2.54. The van der Waals surface area contributed by atoms with Gasteiger partial charge in [-0.05, 0) is 54.8 Å². The molecular formula is C21H27NO5S. The van der Waals surface area contributed by atoms with Gasteiger partial charge in [-0.25, -0.2) is 8.42 Å². The van der Waals surface area contributed by atoms with E-state index in [2.05, 4.69) is 19.2 Å². The van der Waals surface area contributed by atoms with Crippen molar-refractivity contribution < 1.29 is 22.7 Å². The van der Waals surface area contributed by atoms with Gasteiger partial charge < -0.3 is 14.8 Å². The molecule has 0 aliphatic rings. The van der Waals surface area contributed by atoms with E-state index in [9.17, 15) is 13.2 Å². The highest BCUT2D eigenvalue weighted by atomic mass is 32.2. The van der Waals surface area contributed by atoms with Crippen molar-refractivity contribution in [3.05, 3.63) is 53.6 Å². The summed E-state index contributed by atoms with van der Waals surface area (Å²) in [6, 6.07) is 11.2. The van der Waals surface area contributed by atoms with Gasteiger partial charge in [-0.3, -0.25) is 4.79 Å². The van der Waals surface area contributed by atoms with Gasteiger partial charge in [-0.2, -0.15) is 0 Å². The summed E-state index contributed by atoms with van der Waals surface area (Å²) in [5.41, 5.74) is 1.26. The molecule has 6 nitrogen and oxygen atoms in total. The van der Waals surface area contributed by atoms with E-state index < -0.39 is 9.84 Å². The largest absolute Gasteiger partial charge is 0.493 e. The number of amides is 1. The average Bonchev–Trinajstić information content (AvgIpc) is 2.65. The number of methoxy groups -OCH3 is 1. The van der Waals surface area contributed by atoms with Gasteiger partial charge in [0.2, 0.25) is 0 Å². The zero-order chi connectivity index (χ0) is 20.9. The molecule has 2 aromatic rings. The molecular weight excluding hydrogens is 378 g/mol. The van der Waals surface area contributed by atoms with Crippen molar-refractivity contribution in [2.45, 2.75) is 31.7 Å². The first-order chi connectivity index (χ1) is 13.1. The summed E-state index contributed by atoms with van der Waals surface area (Å²) in [5.74, 6) is 1.38. The average molecular weight is 406 g/mol. The summed E-state index contributed by atoms with van der Waals surface area (Å²) in [5, 5.41) is 2.91. The van der Waals surface area contributed by atoms with E-state index in [1.165, 1.54) is 24.3 Å². The van der Waals surface area contributed by atoms with Crippen LogP contribution in [0.4, 0.5) is 0 Å². The van der Waals surface area contributed by atoms with Gasteiger partial charge >= 0.3 is 0 Å². The predicted octanol–water partition coefficient (Wildman–Crippen LogP) is 3.62. The smallest absolute Gasteiger partial charge is 0.251 e. The Kier molecular flexibility index (Phi) is 7.07. The molecule has 1 amide bonds. The maximum absolute atomic E-state index is 12.5. The van der Waals surface area contributed by atoms with Crippen LogP contribution in [0.3, 0.4) is 0 Å². The van der Waals surface area contributed by atoms with E-state index in [0.717, 1.165) is 11.8 Å². The second-order valence-electron chi connectivity index (χ2n) is 7.11. The topological polar surface area (TPSA) is 81.7 Å². The van der Waals surface area contributed by atoms with Crippen LogP contribution in [0.2, 0.25) is 0 Å². The van der Waals surface area contributed by atoms with E-state index in [1.54, 1.807) is 7.11 Å². The van der Waals surface area contributed by atoms with E-state index in [4.69, 9.17) is 9.47 Å². The van der Waals surface area contributed by atoms with Gasteiger partial charge in [0.05, 0.1) is 24.7 Å². The highest BCUT2D eigenvalue weighted by molar-refractivity contribution is 7.90. The van der Waals surface area contributed by atoms with Gasteiger partial charge in [0.1, 0.15) is 0 Å². The summed E-state index contributed by atoms with van der Waals surface area (Å²) in [6.07, 6.45) is 1.13. The van der Waals surface area contributed by atoms with Gasteiger partial charge in [-0.15, -0.1) is 0 Å². The lowest BCUT2D eigenvalue weighted by Gasteiger charge is -2.18. The molecule has 1 atom stereocenters. The van der Waals surface area contributed by atoms with Crippen LogP contribution < -0.4 is 14.8 Å². The number of sulfone groups is 1. The Morgan fingerprint density at radius 1 is 1.04 bits per heavy atom. The maximum Gasteiger partial charge on any atom is 0.251 e. The normalized spacial score (nSPS) is 12.5. The van der Waals surface area contributed by atoms with Gasteiger partial charge in [-0.1, -0.05) is 19.9 Å². The molecule has 0 fully saturated rings. The standard InChI is InChI=1S/C21H27NO5S/c1-14(2)13-27-19-11-8-17(12-20(19)26-4)15(3)22-21(23)16-6-9-18(10-7-16)28(5,24)25/h6-12,14-15H,13H2,1-5H3,(H,22,23). The van der Waals surface area contributed by atoms with Crippen molar-refractivity contribution >= 4 is 15.7 Å². The second kappa shape index (κ2) is 9.10. The Morgan fingerprint density at radius 2 is 1.68 bits per heavy atom. The van der Waals surface area contributed by atoms with E-state index in [0.29, 0.717) is 29.6 Å². The highest BCUT2D eigenvalue weighted by Crippen LogP contribution is 2.30. The molecule has 2 rings (SSSR count). The molecule has 0 aliphatic heterocycles. The Morgan fingerprint density at radius 3 is 2.21 bits per heavy atom. The minimum absolute atomic E-state index is 0.179. The summed E-state index contributed by atoms with van der Waals surface area (Å²) in [4.78, 5) is 12.7. The first kappa shape index (κ1) is 21.8. The number of ether oxygens (including phenoxy) is 2. The van der Waals surface area contributed by atoms with Crippen LogP contribution in [0.1, 0.15) is 42.7 Å². The van der Waals surface area contributed by atoms with Crippen molar-refractivity contribution in [1.82, 2.24) is 5.32 Å². The Bertz CT molecular complexity index is 920. The van der Waals surface area contributed by atoms with Gasteiger partial charge in [0.15, 0.2) is 21.3 Å². The zero-order valence-corrected chi connectivity index (χ0v) is 17.7. The molecule has 0 heterocycles. The molecule has 0 radical (unpaired) electrons. The summed E-state index contributed by atoms with van der Waals surface area (Å²) in [7, 11) is -1.71. The molecule has 1 N–H and O–H groups in total. The van der Waals surface area contributed by atoms with Crippen LogP contribution in [-0.4, -0.2) is 34.3 Å². The highest BCUT2D eigenvalue weighted by Gasteiger charge is 2.15. The first-order valence-corrected chi connectivity index (χ1v) is 10.9. The van der Waals surface area contributed by atoms with E-state index in [-0.39, 0.29) is 16.8 Å². The van der Waals surface area contributed by atoms with E-state index >= 15 is 0 Å². The van der Waals surface area contributed by atoms with Crippen molar-refractivity contribution in [3.8, 4) is 11.5 Å². The van der Waals surface area contributed by atoms with Crippen LogP contribution in [0.25, 0.3) is 0 Å². The fourth-order valence-electron chi connectivity index (χ4n) is 2.55. The van der Waals surface area contributed by atoms with Crippen LogP contribution in [-0.2, 0) is 9.84 Å². The molecule has 28 heavy (non-hydrogen) atoms. The Labute approximate surface area is 166 Å². The lowest BCUT2D eigenvalue weighted by Crippen LogP contribution is -2.26. The predicted molar refractivity (Wildman–Crippen MR) is 109 cm³/mol. The fraction of sp³-hybridized carbons (Fsp3) is 0.381. The Balaban J connectivity index is 2.11. The minimum Gasteiger partial charge on any atom is -0.493 e. The molecule has 0 saturated carbocycles. The van der Waals surface area contributed by atoms with Gasteiger partial charge in [0.25, 0.3) is 5.91 Å². The second-order valence-corrected chi connectivity index (χ2v) is 9.12. The van der Waals surface area contributed by atoms with Crippen molar-refractivity contribution in [3.63, 3.8) is 0 Å². The van der Waals surface area contributed by atoms with Crippen molar-refractivity contribution in [2.24, 2.45) is 5.92 Å². The van der Waals surface area contributed by atoms with Crippen LogP contribution in [0.15, 0.2) is 47.4 Å². The molecule has 0 spiro atoms. The first-order valence-electron chi connectivity index (χ1n) is 9.03. The van der Waals surface area contributed by atoms with Crippen LogP contribution in [0.5, 0.6) is 11.5 Å². The van der Waals surface area contributed by atoms with Crippen LogP contribution >= 0.6 is 0 Å². The van der Waals surface area contributed by atoms with Crippen LogP contribution in [0, 0.1) is 5.92 Å². The summed E-state index contributed by atoms with van der Waals surface area (Å²) < 4.78 is 34.2. The molecule has 0 saturated heterocycles. The number of carbonyl (C=O) groups is 1. The SMILES string of the molecule is COc1cc(C(C)NC(=O)c2ccc(S(C)(=O)=O)cc2)ccc1OCC(C)C. The lowest BCUT2D eigenvalue weighted by atomic mass is 10.1.